The van der Waals surface area contributed by atoms with E-state index in [-0.39, 0.29) is 48.9 Å². The smallest absolute Gasteiger partial charge is 0.223 e. The van der Waals surface area contributed by atoms with Crippen LogP contribution in [0, 0.1) is 5.92 Å². The summed E-state index contributed by atoms with van der Waals surface area (Å²) in [6.45, 7) is 1.80. The molecule has 27 heavy (non-hydrogen) atoms. The number of hydrogen-bond donors (Lipinski definition) is 3. The second-order valence-electron chi connectivity index (χ2n) is 7.70. The number of aliphatic hydroxyl groups is 1. The number of carbonyl (C=O) groups is 2. The molecule has 2 fully saturated rings. The summed E-state index contributed by atoms with van der Waals surface area (Å²) < 4.78 is 5.91. The van der Waals surface area contributed by atoms with E-state index in [1.807, 2.05) is 37.3 Å². The molecule has 0 spiro atoms. The summed E-state index contributed by atoms with van der Waals surface area (Å²) in [5, 5.41) is 15.7. The van der Waals surface area contributed by atoms with E-state index >= 15 is 0 Å². The van der Waals surface area contributed by atoms with Crippen LogP contribution in [-0.2, 0) is 14.3 Å². The lowest BCUT2D eigenvalue weighted by Crippen LogP contribution is -2.53. The molecule has 4 atom stereocenters. The van der Waals surface area contributed by atoms with Crippen molar-refractivity contribution in [3.63, 3.8) is 0 Å². The van der Waals surface area contributed by atoms with Crippen molar-refractivity contribution in [3.8, 4) is 0 Å². The van der Waals surface area contributed by atoms with E-state index in [2.05, 4.69) is 10.6 Å². The predicted octanol–water partition coefficient (Wildman–Crippen LogP) is 2.08. The number of carbonyl (C=O) groups excluding carboxylic acids is 2. The summed E-state index contributed by atoms with van der Waals surface area (Å²) in [7, 11) is 0. The van der Waals surface area contributed by atoms with Crippen LogP contribution in [-0.4, -0.2) is 41.8 Å². The molecule has 0 unspecified atom stereocenters. The summed E-state index contributed by atoms with van der Waals surface area (Å²) >= 11 is 0. The maximum Gasteiger partial charge on any atom is 0.223 e. The van der Waals surface area contributed by atoms with Gasteiger partial charge in [-0.2, -0.15) is 0 Å². The van der Waals surface area contributed by atoms with Gasteiger partial charge in [-0.25, -0.2) is 0 Å². The first-order valence-electron chi connectivity index (χ1n) is 9.97. The summed E-state index contributed by atoms with van der Waals surface area (Å²) in [6, 6.07) is 9.58. The minimum atomic E-state index is -0.452. The number of ether oxygens (including phenoxy) is 1. The van der Waals surface area contributed by atoms with Gasteiger partial charge in [0.1, 0.15) is 6.10 Å². The zero-order chi connectivity index (χ0) is 19.2. The zero-order valence-electron chi connectivity index (χ0n) is 15.9. The molecule has 1 heterocycles. The highest BCUT2D eigenvalue weighted by atomic mass is 16.5. The molecule has 0 radical (unpaired) electrons. The predicted molar refractivity (Wildman–Crippen MR) is 102 cm³/mol. The highest BCUT2D eigenvalue weighted by molar-refractivity contribution is 5.79. The Morgan fingerprint density at radius 3 is 2.56 bits per heavy atom. The molecule has 1 saturated heterocycles. The Labute approximate surface area is 160 Å². The van der Waals surface area contributed by atoms with E-state index in [1.165, 1.54) is 0 Å². The fraction of sp³-hybridized carbons (Fsp3) is 0.619. The first kappa shape index (κ1) is 19.8. The van der Waals surface area contributed by atoms with Crippen molar-refractivity contribution in [1.82, 2.24) is 10.6 Å². The molecule has 148 valence electrons. The Balaban J connectivity index is 1.46. The number of amides is 2. The standard InChI is InChI=1S/C21H30N2O4/c1-14(15-6-3-2-4-7-15)22-20(25)12-17-10-11-18(19(13-24)27-17)23-21(26)16-8-5-9-16/h2-4,6-7,14,16-19,24H,5,8-13H2,1H3,(H,22,25)(H,23,26)/t14-,17+,18-,19-/m1/s1. The van der Waals surface area contributed by atoms with Crippen molar-refractivity contribution >= 4 is 11.8 Å². The molecule has 0 bridgehead atoms. The van der Waals surface area contributed by atoms with E-state index in [0.29, 0.717) is 6.42 Å². The molecule has 2 aliphatic rings. The first-order chi connectivity index (χ1) is 13.1. The molecule has 3 N–H and O–H groups in total. The van der Waals surface area contributed by atoms with E-state index in [4.69, 9.17) is 4.74 Å². The van der Waals surface area contributed by atoms with Gasteiger partial charge in [-0.1, -0.05) is 36.8 Å². The zero-order valence-corrected chi connectivity index (χ0v) is 15.9. The van der Waals surface area contributed by atoms with Gasteiger partial charge in [0.2, 0.25) is 11.8 Å². The fourth-order valence-corrected chi connectivity index (χ4v) is 3.75. The number of rotatable bonds is 7. The summed E-state index contributed by atoms with van der Waals surface area (Å²) in [5.41, 5.74) is 1.06. The van der Waals surface area contributed by atoms with Crippen molar-refractivity contribution in [1.29, 1.82) is 0 Å². The normalized spacial score (nSPS) is 26.7. The SMILES string of the molecule is C[C@@H](NC(=O)C[C@@H]1CC[C@@H](NC(=O)C2CCC2)[C@@H](CO)O1)c1ccccc1. The third-order valence-corrected chi connectivity index (χ3v) is 5.69. The van der Waals surface area contributed by atoms with Crippen LogP contribution in [0.2, 0.25) is 0 Å². The molecule has 1 aromatic rings. The average molecular weight is 374 g/mol. The third kappa shape index (κ3) is 5.30. The van der Waals surface area contributed by atoms with Crippen LogP contribution in [0.3, 0.4) is 0 Å². The molecule has 6 nitrogen and oxygen atoms in total. The Morgan fingerprint density at radius 2 is 1.93 bits per heavy atom. The Kier molecular flexibility index (Phi) is 6.85. The maximum absolute atomic E-state index is 12.4. The molecular weight excluding hydrogens is 344 g/mol. The fourth-order valence-electron chi connectivity index (χ4n) is 3.75. The lowest BCUT2D eigenvalue weighted by molar-refractivity contribution is -0.139. The molecular formula is C21H30N2O4. The lowest BCUT2D eigenvalue weighted by atomic mass is 9.84. The first-order valence-corrected chi connectivity index (χ1v) is 9.97. The maximum atomic E-state index is 12.4. The van der Waals surface area contributed by atoms with Crippen LogP contribution >= 0.6 is 0 Å². The van der Waals surface area contributed by atoms with Crippen molar-refractivity contribution in [2.24, 2.45) is 5.92 Å². The minimum Gasteiger partial charge on any atom is -0.394 e. The topological polar surface area (TPSA) is 87.7 Å². The van der Waals surface area contributed by atoms with Crippen LogP contribution in [0.5, 0.6) is 0 Å². The van der Waals surface area contributed by atoms with Crippen molar-refractivity contribution in [2.75, 3.05) is 6.61 Å². The quantitative estimate of drug-likeness (QED) is 0.682. The highest BCUT2D eigenvalue weighted by Gasteiger charge is 2.35. The van der Waals surface area contributed by atoms with Crippen LogP contribution in [0.4, 0.5) is 0 Å². The van der Waals surface area contributed by atoms with Crippen LogP contribution < -0.4 is 10.6 Å². The largest absolute Gasteiger partial charge is 0.394 e. The lowest BCUT2D eigenvalue weighted by Gasteiger charge is -2.37. The van der Waals surface area contributed by atoms with Gasteiger partial charge in [-0.15, -0.1) is 0 Å². The average Bonchev–Trinajstić information content (AvgIpc) is 2.62. The van der Waals surface area contributed by atoms with Gasteiger partial charge in [0.15, 0.2) is 0 Å². The van der Waals surface area contributed by atoms with Gasteiger partial charge in [0.25, 0.3) is 0 Å². The molecule has 0 aromatic heterocycles. The molecule has 1 saturated carbocycles. The molecule has 3 rings (SSSR count). The number of hydrogen-bond acceptors (Lipinski definition) is 4. The van der Waals surface area contributed by atoms with E-state index in [9.17, 15) is 14.7 Å². The van der Waals surface area contributed by atoms with Crippen LogP contribution in [0.1, 0.15) is 57.1 Å². The van der Waals surface area contributed by atoms with Crippen molar-refractivity contribution in [3.05, 3.63) is 35.9 Å². The second kappa shape index (κ2) is 9.33. The van der Waals surface area contributed by atoms with E-state index in [1.54, 1.807) is 0 Å². The Bertz CT molecular complexity index is 632. The minimum absolute atomic E-state index is 0.0644. The van der Waals surface area contributed by atoms with Gasteiger partial charge < -0.3 is 20.5 Å². The Morgan fingerprint density at radius 1 is 1.19 bits per heavy atom. The van der Waals surface area contributed by atoms with Crippen LogP contribution in [0.15, 0.2) is 30.3 Å². The molecule has 1 aliphatic heterocycles. The summed E-state index contributed by atoms with van der Waals surface area (Å²) in [5.74, 6) is 0.124. The summed E-state index contributed by atoms with van der Waals surface area (Å²) in [4.78, 5) is 24.5. The van der Waals surface area contributed by atoms with Gasteiger partial charge in [0.05, 0.1) is 31.2 Å². The Hall–Kier alpha value is -1.92. The molecule has 6 heteroatoms. The van der Waals surface area contributed by atoms with Crippen molar-refractivity contribution < 1.29 is 19.4 Å². The molecule has 1 aromatic carbocycles. The van der Waals surface area contributed by atoms with Gasteiger partial charge in [-0.05, 0) is 38.2 Å². The van der Waals surface area contributed by atoms with E-state index < -0.39 is 6.10 Å². The molecule has 2 amide bonds. The van der Waals surface area contributed by atoms with Crippen LogP contribution in [0.25, 0.3) is 0 Å². The monoisotopic (exact) mass is 374 g/mol. The number of aliphatic hydroxyl groups excluding tert-OH is 1. The summed E-state index contributed by atoms with van der Waals surface area (Å²) in [6.07, 6.45) is 4.00. The number of nitrogens with one attached hydrogen (secondary N) is 2. The van der Waals surface area contributed by atoms with Gasteiger partial charge in [-0.3, -0.25) is 9.59 Å². The number of benzene rings is 1. The highest BCUT2D eigenvalue weighted by Crippen LogP contribution is 2.28. The molecule has 1 aliphatic carbocycles. The van der Waals surface area contributed by atoms with Gasteiger partial charge >= 0.3 is 0 Å². The third-order valence-electron chi connectivity index (χ3n) is 5.69. The van der Waals surface area contributed by atoms with E-state index in [0.717, 1.165) is 31.2 Å². The van der Waals surface area contributed by atoms with Gasteiger partial charge in [0, 0.05) is 5.92 Å². The van der Waals surface area contributed by atoms with Crippen molar-refractivity contribution in [2.45, 2.75) is 69.7 Å². The second-order valence-corrected chi connectivity index (χ2v) is 7.70.